The molecule has 1 saturated carbocycles. The van der Waals surface area contributed by atoms with Gasteiger partial charge in [-0.15, -0.1) is 0 Å². The van der Waals surface area contributed by atoms with E-state index in [4.69, 9.17) is 11.6 Å². The maximum atomic E-state index is 13.5. The largest absolute Gasteiger partial charge is 0.342 e. The van der Waals surface area contributed by atoms with Crippen molar-refractivity contribution in [2.75, 3.05) is 26.2 Å². The number of benzene rings is 1. The Hall–Kier alpha value is -1.06. The molecule has 3 fully saturated rings. The molecule has 3 nitrogen and oxygen atoms in total. The Labute approximate surface area is 169 Å². The molecule has 1 amide bonds. The van der Waals surface area contributed by atoms with Gasteiger partial charge in [-0.05, 0) is 75.2 Å². The van der Waals surface area contributed by atoms with Crippen molar-refractivity contribution in [2.24, 2.45) is 5.92 Å². The Balaban J connectivity index is 1.43. The fourth-order valence-corrected chi connectivity index (χ4v) is 5.63. The number of carbonyl (C=O) groups excluding carboxylic acids is 1. The predicted molar refractivity (Wildman–Crippen MR) is 111 cm³/mol. The lowest BCUT2D eigenvalue weighted by Crippen LogP contribution is -2.49. The smallest absolute Gasteiger partial charge is 0.230 e. The molecule has 1 aromatic rings. The van der Waals surface area contributed by atoms with Crippen LogP contribution in [0.25, 0.3) is 0 Å². The molecule has 0 radical (unpaired) electrons. The summed E-state index contributed by atoms with van der Waals surface area (Å²) in [6, 6.07) is 8.71. The highest BCUT2D eigenvalue weighted by molar-refractivity contribution is 6.30. The molecule has 2 saturated heterocycles. The maximum Gasteiger partial charge on any atom is 0.230 e. The molecular weight excluding hydrogens is 356 g/mol. The van der Waals surface area contributed by atoms with Crippen molar-refractivity contribution in [1.82, 2.24) is 9.80 Å². The number of hydrogen-bond acceptors (Lipinski definition) is 2. The van der Waals surface area contributed by atoms with Gasteiger partial charge in [-0.1, -0.05) is 43.0 Å². The van der Waals surface area contributed by atoms with Gasteiger partial charge in [-0.25, -0.2) is 0 Å². The molecule has 0 spiro atoms. The standard InChI is InChI=1S/C23H33ClN2O/c24-20-10-8-19(9-11-20)22(18-6-2-3-7-18)23(27)26-16-12-21(13-17-26)25-14-4-1-5-15-25/h8-11,18,21-22H,1-7,12-17H2. The van der Waals surface area contributed by atoms with E-state index in [9.17, 15) is 4.79 Å². The third kappa shape index (κ3) is 4.51. The first-order valence-electron chi connectivity index (χ1n) is 11.0. The van der Waals surface area contributed by atoms with Gasteiger partial charge >= 0.3 is 0 Å². The Morgan fingerprint density at radius 3 is 2.11 bits per heavy atom. The molecular formula is C23H33ClN2O. The van der Waals surface area contributed by atoms with Crippen LogP contribution >= 0.6 is 11.6 Å². The predicted octanol–water partition coefficient (Wildman–Crippen LogP) is 5.09. The fourth-order valence-electron chi connectivity index (χ4n) is 5.51. The van der Waals surface area contributed by atoms with Crippen LogP contribution in [0.4, 0.5) is 0 Å². The van der Waals surface area contributed by atoms with Crippen LogP contribution < -0.4 is 0 Å². The number of rotatable bonds is 4. The first-order chi connectivity index (χ1) is 13.2. The minimum absolute atomic E-state index is 0.0244. The van der Waals surface area contributed by atoms with E-state index in [1.165, 1.54) is 58.0 Å². The van der Waals surface area contributed by atoms with Gasteiger partial charge in [-0.2, -0.15) is 0 Å². The van der Waals surface area contributed by atoms with Crippen LogP contribution in [-0.2, 0) is 4.79 Å². The highest BCUT2D eigenvalue weighted by Crippen LogP contribution is 2.39. The quantitative estimate of drug-likeness (QED) is 0.717. The SMILES string of the molecule is O=C(C(c1ccc(Cl)cc1)C1CCCC1)N1CCC(N2CCCCC2)CC1. The van der Waals surface area contributed by atoms with E-state index in [1.807, 2.05) is 12.1 Å². The molecule has 4 heteroatoms. The van der Waals surface area contributed by atoms with E-state index in [0.717, 1.165) is 36.5 Å². The zero-order chi connectivity index (χ0) is 18.6. The first kappa shape index (κ1) is 19.3. The summed E-state index contributed by atoms with van der Waals surface area (Å²) in [5.41, 5.74) is 1.16. The van der Waals surface area contributed by atoms with Crippen molar-refractivity contribution in [3.63, 3.8) is 0 Å². The Bertz CT molecular complexity index is 612. The van der Waals surface area contributed by atoms with E-state index in [1.54, 1.807) is 0 Å². The van der Waals surface area contributed by atoms with Crippen LogP contribution in [0.15, 0.2) is 24.3 Å². The highest BCUT2D eigenvalue weighted by Gasteiger charge is 2.36. The van der Waals surface area contributed by atoms with Crippen molar-refractivity contribution in [3.05, 3.63) is 34.9 Å². The average Bonchev–Trinajstić information content (AvgIpc) is 3.25. The lowest BCUT2D eigenvalue weighted by Gasteiger charge is -2.41. The van der Waals surface area contributed by atoms with E-state index in [2.05, 4.69) is 21.9 Å². The lowest BCUT2D eigenvalue weighted by atomic mass is 9.83. The van der Waals surface area contributed by atoms with E-state index < -0.39 is 0 Å². The van der Waals surface area contributed by atoms with E-state index >= 15 is 0 Å². The summed E-state index contributed by atoms with van der Waals surface area (Å²) in [4.78, 5) is 18.4. The molecule has 0 bridgehead atoms. The van der Waals surface area contributed by atoms with Crippen molar-refractivity contribution in [1.29, 1.82) is 0 Å². The molecule has 1 aliphatic carbocycles. The fraction of sp³-hybridized carbons (Fsp3) is 0.696. The van der Waals surface area contributed by atoms with Crippen LogP contribution in [0, 0.1) is 5.92 Å². The average molecular weight is 389 g/mol. The highest BCUT2D eigenvalue weighted by atomic mass is 35.5. The summed E-state index contributed by atoms with van der Waals surface area (Å²) in [5.74, 6) is 0.885. The minimum Gasteiger partial charge on any atom is -0.342 e. The van der Waals surface area contributed by atoms with E-state index in [0.29, 0.717) is 17.9 Å². The summed E-state index contributed by atoms with van der Waals surface area (Å²) in [7, 11) is 0. The summed E-state index contributed by atoms with van der Waals surface area (Å²) in [6.07, 6.45) is 11.3. The molecule has 2 heterocycles. The van der Waals surface area contributed by atoms with Crippen molar-refractivity contribution >= 4 is 17.5 Å². The number of amides is 1. The normalized spacial score (nSPS) is 24.3. The molecule has 3 aliphatic rings. The van der Waals surface area contributed by atoms with Crippen LogP contribution in [0.5, 0.6) is 0 Å². The summed E-state index contributed by atoms with van der Waals surface area (Å²) in [6.45, 7) is 4.37. The van der Waals surface area contributed by atoms with Gasteiger partial charge in [0.1, 0.15) is 0 Å². The zero-order valence-electron chi connectivity index (χ0n) is 16.4. The van der Waals surface area contributed by atoms with Crippen LogP contribution in [-0.4, -0.2) is 47.9 Å². The Morgan fingerprint density at radius 2 is 1.48 bits per heavy atom. The molecule has 0 aromatic heterocycles. The number of piperidine rings is 2. The summed E-state index contributed by atoms with van der Waals surface area (Å²) < 4.78 is 0. The lowest BCUT2D eigenvalue weighted by molar-refractivity contribution is -0.135. The minimum atomic E-state index is 0.0244. The molecule has 1 aromatic carbocycles. The van der Waals surface area contributed by atoms with Gasteiger partial charge in [0.2, 0.25) is 5.91 Å². The molecule has 1 unspecified atom stereocenters. The van der Waals surface area contributed by atoms with Crippen LogP contribution in [0.3, 0.4) is 0 Å². The Kier molecular flexibility index (Phi) is 6.39. The van der Waals surface area contributed by atoms with Crippen molar-refractivity contribution in [3.8, 4) is 0 Å². The van der Waals surface area contributed by atoms with Gasteiger partial charge < -0.3 is 9.80 Å². The topological polar surface area (TPSA) is 23.6 Å². The first-order valence-corrected chi connectivity index (χ1v) is 11.4. The molecule has 148 valence electrons. The van der Waals surface area contributed by atoms with Crippen molar-refractivity contribution in [2.45, 2.75) is 69.7 Å². The molecule has 27 heavy (non-hydrogen) atoms. The van der Waals surface area contributed by atoms with Gasteiger partial charge in [0.25, 0.3) is 0 Å². The molecule has 1 atom stereocenters. The van der Waals surface area contributed by atoms with Crippen LogP contribution in [0.1, 0.15) is 69.3 Å². The second-order valence-corrected chi connectivity index (χ2v) is 9.16. The van der Waals surface area contributed by atoms with Crippen molar-refractivity contribution < 1.29 is 4.79 Å². The third-order valence-corrected chi connectivity index (χ3v) is 7.30. The van der Waals surface area contributed by atoms with Gasteiger partial charge in [0.05, 0.1) is 5.92 Å². The van der Waals surface area contributed by atoms with Gasteiger partial charge in [0.15, 0.2) is 0 Å². The number of hydrogen-bond donors (Lipinski definition) is 0. The summed E-state index contributed by atoms with van der Waals surface area (Å²) >= 11 is 6.09. The molecule has 4 rings (SSSR count). The van der Waals surface area contributed by atoms with Crippen LogP contribution in [0.2, 0.25) is 5.02 Å². The van der Waals surface area contributed by atoms with E-state index in [-0.39, 0.29) is 5.92 Å². The van der Waals surface area contributed by atoms with Gasteiger partial charge in [-0.3, -0.25) is 4.79 Å². The zero-order valence-corrected chi connectivity index (χ0v) is 17.2. The maximum absolute atomic E-state index is 13.5. The molecule has 0 N–H and O–H groups in total. The monoisotopic (exact) mass is 388 g/mol. The Morgan fingerprint density at radius 1 is 0.852 bits per heavy atom. The number of nitrogens with zero attached hydrogens (tertiary/aromatic N) is 2. The van der Waals surface area contributed by atoms with Gasteiger partial charge in [0, 0.05) is 24.2 Å². The second kappa shape index (κ2) is 8.96. The number of halogens is 1. The number of likely N-dealkylation sites (tertiary alicyclic amines) is 2. The molecule has 2 aliphatic heterocycles. The second-order valence-electron chi connectivity index (χ2n) is 8.73. The third-order valence-electron chi connectivity index (χ3n) is 7.05. The number of carbonyl (C=O) groups is 1. The summed E-state index contributed by atoms with van der Waals surface area (Å²) in [5, 5.41) is 0.749.